The lowest BCUT2D eigenvalue weighted by atomic mass is 9.82. The minimum absolute atomic E-state index is 0.326. The molecule has 1 nitrogen and oxygen atoms in total. The smallest absolute Gasteiger partial charge is 0.0534 e. The average Bonchev–Trinajstić information content (AvgIpc) is 2.71. The summed E-state index contributed by atoms with van der Waals surface area (Å²) in [6.07, 6.45) is 2.30. The molecule has 2 heteroatoms. The van der Waals surface area contributed by atoms with Crippen LogP contribution in [0.5, 0.6) is 0 Å². The Kier molecular flexibility index (Phi) is 3.47. The van der Waals surface area contributed by atoms with Crippen LogP contribution in [0.4, 0.5) is 0 Å². The lowest BCUT2D eigenvalue weighted by Crippen LogP contribution is -2.26. The summed E-state index contributed by atoms with van der Waals surface area (Å²) in [6, 6.07) is 8.65. The molecule has 0 bridgehead atoms. The number of hydrogen-bond acceptors (Lipinski definition) is 1. The molecule has 1 atom stereocenters. The Morgan fingerprint density at radius 3 is 2.80 bits per heavy atom. The second-order valence-electron chi connectivity index (χ2n) is 4.54. The van der Waals surface area contributed by atoms with E-state index in [-0.39, 0.29) is 0 Å². The second kappa shape index (κ2) is 4.67. The molecular formula is C13H17BrO. The zero-order chi connectivity index (χ0) is 10.7. The summed E-state index contributed by atoms with van der Waals surface area (Å²) in [6.45, 7) is 4.00. The summed E-state index contributed by atoms with van der Waals surface area (Å²) >= 11 is 3.64. The molecule has 0 amide bonds. The van der Waals surface area contributed by atoms with Crippen LogP contribution in [-0.4, -0.2) is 18.5 Å². The van der Waals surface area contributed by atoms with E-state index in [0.29, 0.717) is 5.41 Å². The summed E-state index contributed by atoms with van der Waals surface area (Å²) in [5.41, 5.74) is 3.18. The van der Waals surface area contributed by atoms with Crippen molar-refractivity contribution in [2.75, 3.05) is 18.5 Å². The summed E-state index contributed by atoms with van der Waals surface area (Å²) in [7, 11) is 0. The van der Waals surface area contributed by atoms with E-state index in [1.807, 2.05) is 0 Å². The van der Waals surface area contributed by atoms with Gasteiger partial charge in [0.25, 0.3) is 0 Å². The number of aryl methyl sites for hydroxylation is 1. The average molecular weight is 269 g/mol. The topological polar surface area (TPSA) is 9.23 Å². The highest BCUT2D eigenvalue weighted by Crippen LogP contribution is 2.35. The highest BCUT2D eigenvalue weighted by molar-refractivity contribution is 9.09. The zero-order valence-electron chi connectivity index (χ0n) is 9.13. The number of ether oxygens (including phenoxy) is 1. The van der Waals surface area contributed by atoms with Gasteiger partial charge in [0.05, 0.1) is 6.61 Å². The van der Waals surface area contributed by atoms with Crippen LogP contribution in [-0.2, 0) is 11.2 Å². The number of rotatable bonds is 3. The van der Waals surface area contributed by atoms with Gasteiger partial charge in [0, 0.05) is 17.4 Å². The zero-order valence-corrected chi connectivity index (χ0v) is 10.7. The Morgan fingerprint density at radius 1 is 1.40 bits per heavy atom. The van der Waals surface area contributed by atoms with Gasteiger partial charge in [-0.3, -0.25) is 0 Å². The van der Waals surface area contributed by atoms with Crippen LogP contribution in [0.2, 0.25) is 0 Å². The molecule has 0 N–H and O–H groups in total. The Bertz CT molecular complexity index is 329. The fourth-order valence-corrected chi connectivity index (χ4v) is 2.79. The highest BCUT2D eigenvalue weighted by Gasteiger charge is 2.34. The largest absolute Gasteiger partial charge is 0.381 e. The lowest BCUT2D eigenvalue weighted by molar-refractivity contribution is 0.162. The SMILES string of the molecule is Cc1ccccc1CC1(CBr)CCOC1. The van der Waals surface area contributed by atoms with Crippen molar-refractivity contribution in [3.8, 4) is 0 Å². The quantitative estimate of drug-likeness (QED) is 0.765. The Hall–Kier alpha value is -0.340. The number of benzene rings is 1. The van der Waals surface area contributed by atoms with Crippen molar-refractivity contribution in [1.82, 2.24) is 0 Å². The minimum atomic E-state index is 0.326. The van der Waals surface area contributed by atoms with Crippen molar-refractivity contribution in [3.63, 3.8) is 0 Å². The first-order valence-corrected chi connectivity index (χ1v) is 6.56. The third kappa shape index (κ3) is 2.43. The first-order valence-electron chi connectivity index (χ1n) is 5.44. The van der Waals surface area contributed by atoms with Crippen LogP contribution in [0.15, 0.2) is 24.3 Å². The molecule has 0 spiro atoms. The van der Waals surface area contributed by atoms with E-state index in [2.05, 4.69) is 47.1 Å². The molecule has 1 fully saturated rings. The standard InChI is InChI=1S/C13H17BrO/c1-11-4-2-3-5-12(11)8-13(9-14)6-7-15-10-13/h2-5H,6-10H2,1H3. The summed E-state index contributed by atoms with van der Waals surface area (Å²) in [5, 5.41) is 1.04. The Morgan fingerprint density at radius 2 is 2.20 bits per heavy atom. The second-order valence-corrected chi connectivity index (χ2v) is 5.10. The third-order valence-electron chi connectivity index (χ3n) is 3.30. The van der Waals surface area contributed by atoms with E-state index in [9.17, 15) is 0 Å². The normalized spacial score (nSPS) is 25.7. The van der Waals surface area contributed by atoms with Crippen molar-refractivity contribution in [2.24, 2.45) is 5.41 Å². The van der Waals surface area contributed by atoms with Gasteiger partial charge in [-0.15, -0.1) is 0 Å². The van der Waals surface area contributed by atoms with E-state index in [1.54, 1.807) is 0 Å². The van der Waals surface area contributed by atoms with Crippen molar-refractivity contribution < 1.29 is 4.74 Å². The molecule has 82 valence electrons. The summed E-state index contributed by atoms with van der Waals surface area (Å²) in [4.78, 5) is 0. The van der Waals surface area contributed by atoms with Gasteiger partial charge in [-0.1, -0.05) is 40.2 Å². The molecule has 0 saturated carbocycles. The third-order valence-corrected chi connectivity index (χ3v) is 4.48. The van der Waals surface area contributed by atoms with E-state index in [0.717, 1.165) is 25.0 Å². The van der Waals surface area contributed by atoms with Gasteiger partial charge in [0.1, 0.15) is 0 Å². The van der Waals surface area contributed by atoms with E-state index >= 15 is 0 Å². The van der Waals surface area contributed by atoms with Crippen molar-refractivity contribution in [1.29, 1.82) is 0 Å². The predicted molar refractivity (Wildman–Crippen MR) is 66.5 cm³/mol. The van der Waals surface area contributed by atoms with E-state index in [4.69, 9.17) is 4.74 Å². The number of halogens is 1. The maximum absolute atomic E-state index is 5.53. The van der Waals surface area contributed by atoms with Crippen LogP contribution < -0.4 is 0 Å². The van der Waals surface area contributed by atoms with Crippen molar-refractivity contribution in [2.45, 2.75) is 19.8 Å². The van der Waals surface area contributed by atoms with E-state index < -0.39 is 0 Å². The number of hydrogen-bond donors (Lipinski definition) is 0. The molecule has 1 saturated heterocycles. The monoisotopic (exact) mass is 268 g/mol. The van der Waals surface area contributed by atoms with Crippen LogP contribution in [0.25, 0.3) is 0 Å². The summed E-state index contributed by atoms with van der Waals surface area (Å²) < 4.78 is 5.53. The van der Waals surface area contributed by atoms with Crippen molar-refractivity contribution in [3.05, 3.63) is 35.4 Å². The molecule has 2 rings (SSSR count). The lowest BCUT2D eigenvalue weighted by Gasteiger charge is -2.25. The molecule has 0 radical (unpaired) electrons. The first kappa shape index (κ1) is 11.2. The first-order chi connectivity index (χ1) is 7.26. The van der Waals surface area contributed by atoms with Crippen LogP contribution in [0.1, 0.15) is 17.5 Å². The Labute approximate surface area is 100.0 Å². The molecule has 1 heterocycles. The molecular weight excluding hydrogens is 252 g/mol. The predicted octanol–water partition coefficient (Wildman–Crippen LogP) is 3.34. The van der Waals surface area contributed by atoms with Crippen molar-refractivity contribution >= 4 is 15.9 Å². The fraction of sp³-hybridized carbons (Fsp3) is 0.538. The summed E-state index contributed by atoms with van der Waals surface area (Å²) in [5.74, 6) is 0. The molecule has 1 unspecified atom stereocenters. The van der Waals surface area contributed by atoms with Crippen LogP contribution in [0, 0.1) is 12.3 Å². The van der Waals surface area contributed by atoms with Gasteiger partial charge in [0.2, 0.25) is 0 Å². The van der Waals surface area contributed by atoms with Gasteiger partial charge in [-0.05, 0) is 30.9 Å². The van der Waals surface area contributed by atoms with Gasteiger partial charge < -0.3 is 4.74 Å². The van der Waals surface area contributed by atoms with Crippen LogP contribution in [0.3, 0.4) is 0 Å². The molecule has 15 heavy (non-hydrogen) atoms. The molecule has 0 aliphatic carbocycles. The molecule has 1 aromatic carbocycles. The molecule has 1 aliphatic rings. The molecule has 0 aromatic heterocycles. The van der Waals surface area contributed by atoms with Gasteiger partial charge in [0.15, 0.2) is 0 Å². The van der Waals surface area contributed by atoms with Gasteiger partial charge in [-0.2, -0.15) is 0 Å². The minimum Gasteiger partial charge on any atom is -0.381 e. The van der Waals surface area contributed by atoms with Gasteiger partial charge >= 0.3 is 0 Å². The molecule has 1 aromatic rings. The van der Waals surface area contributed by atoms with E-state index in [1.165, 1.54) is 17.5 Å². The maximum atomic E-state index is 5.53. The van der Waals surface area contributed by atoms with Gasteiger partial charge in [-0.25, -0.2) is 0 Å². The van der Waals surface area contributed by atoms with Crippen LogP contribution >= 0.6 is 15.9 Å². The maximum Gasteiger partial charge on any atom is 0.0534 e. The fourth-order valence-electron chi connectivity index (χ4n) is 2.15. The highest BCUT2D eigenvalue weighted by atomic mass is 79.9. The number of alkyl halides is 1. The Balaban J connectivity index is 2.16. The molecule has 1 aliphatic heterocycles.